The molecule has 0 atom stereocenters. The summed E-state index contributed by atoms with van der Waals surface area (Å²) in [4.78, 5) is 4.42. The standard InChI is InChI=1S/C12H23N3S/c1-9-15-10(7-16-9)6-14-8-11(2,3)12(4,5)13/h7,14H,6,8,13H2,1-5H3. The Kier molecular flexibility index (Phi) is 4.10. The minimum Gasteiger partial charge on any atom is -0.325 e. The number of thiazole rings is 1. The van der Waals surface area contributed by atoms with Gasteiger partial charge in [-0.05, 0) is 26.2 Å². The lowest BCUT2D eigenvalue weighted by Gasteiger charge is -2.38. The third-order valence-corrected chi connectivity index (χ3v) is 4.11. The van der Waals surface area contributed by atoms with Crippen LogP contribution in [0.4, 0.5) is 0 Å². The number of hydrogen-bond donors (Lipinski definition) is 2. The number of rotatable bonds is 5. The lowest BCUT2D eigenvalue weighted by Crippen LogP contribution is -2.52. The Bertz CT molecular complexity index is 336. The highest BCUT2D eigenvalue weighted by Crippen LogP contribution is 2.27. The van der Waals surface area contributed by atoms with E-state index in [0.717, 1.165) is 23.8 Å². The number of nitrogens with zero attached hydrogens (tertiary/aromatic N) is 1. The van der Waals surface area contributed by atoms with Gasteiger partial charge in [-0.2, -0.15) is 0 Å². The summed E-state index contributed by atoms with van der Waals surface area (Å²) in [6.07, 6.45) is 0. The topological polar surface area (TPSA) is 50.9 Å². The molecule has 0 radical (unpaired) electrons. The van der Waals surface area contributed by atoms with Gasteiger partial charge in [-0.15, -0.1) is 11.3 Å². The van der Waals surface area contributed by atoms with Crippen LogP contribution < -0.4 is 11.1 Å². The molecule has 1 aromatic rings. The molecule has 1 rings (SSSR count). The maximum Gasteiger partial charge on any atom is 0.0897 e. The fourth-order valence-electron chi connectivity index (χ4n) is 1.22. The summed E-state index contributed by atoms with van der Waals surface area (Å²) in [6.45, 7) is 12.3. The average molecular weight is 241 g/mol. The fraction of sp³-hybridized carbons (Fsp3) is 0.750. The molecule has 0 saturated carbocycles. The van der Waals surface area contributed by atoms with Crippen molar-refractivity contribution in [2.24, 2.45) is 11.1 Å². The van der Waals surface area contributed by atoms with Gasteiger partial charge in [0.15, 0.2) is 0 Å². The molecule has 4 heteroatoms. The molecule has 0 aliphatic carbocycles. The number of nitrogens with two attached hydrogens (primary N) is 1. The van der Waals surface area contributed by atoms with Crippen molar-refractivity contribution < 1.29 is 0 Å². The molecule has 0 spiro atoms. The predicted octanol–water partition coefficient (Wildman–Crippen LogP) is 2.30. The number of hydrogen-bond acceptors (Lipinski definition) is 4. The second-order valence-corrected chi connectivity index (χ2v) is 6.63. The van der Waals surface area contributed by atoms with Crippen LogP contribution in [0.1, 0.15) is 38.4 Å². The van der Waals surface area contributed by atoms with Crippen LogP contribution in [-0.2, 0) is 6.54 Å². The van der Waals surface area contributed by atoms with Gasteiger partial charge < -0.3 is 11.1 Å². The summed E-state index contributed by atoms with van der Waals surface area (Å²) in [5.41, 5.74) is 7.15. The zero-order valence-corrected chi connectivity index (χ0v) is 11.7. The summed E-state index contributed by atoms with van der Waals surface area (Å²) < 4.78 is 0. The Hall–Kier alpha value is -0.450. The van der Waals surface area contributed by atoms with E-state index in [9.17, 15) is 0 Å². The second-order valence-electron chi connectivity index (χ2n) is 5.57. The smallest absolute Gasteiger partial charge is 0.0897 e. The Morgan fingerprint density at radius 2 is 2.00 bits per heavy atom. The van der Waals surface area contributed by atoms with Crippen molar-refractivity contribution in [3.63, 3.8) is 0 Å². The van der Waals surface area contributed by atoms with Gasteiger partial charge >= 0.3 is 0 Å². The van der Waals surface area contributed by atoms with Crippen molar-refractivity contribution in [2.45, 2.75) is 46.7 Å². The predicted molar refractivity (Wildman–Crippen MR) is 70.6 cm³/mol. The molecular weight excluding hydrogens is 218 g/mol. The van der Waals surface area contributed by atoms with Gasteiger partial charge in [-0.25, -0.2) is 4.98 Å². The van der Waals surface area contributed by atoms with Crippen LogP contribution in [0.3, 0.4) is 0 Å². The molecule has 0 amide bonds. The van der Waals surface area contributed by atoms with Crippen molar-refractivity contribution in [3.05, 3.63) is 16.1 Å². The highest BCUT2D eigenvalue weighted by molar-refractivity contribution is 7.09. The zero-order chi connectivity index (χ0) is 12.4. The lowest BCUT2D eigenvalue weighted by atomic mass is 9.75. The lowest BCUT2D eigenvalue weighted by molar-refractivity contribution is 0.194. The molecule has 0 fully saturated rings. The van der Waals surface area contributed by atoms with Gasteiger partial charge in [0.2, 0.25) is 0 Å². The van der Waals surface area contributed by atoms with E-state index in [-0.39, 0.29) is 11.0 Å². The first-order chi connectivity index (χ1) is 7.22. The van der Waals surface area contributed by atoms with Gasteiger partial charge in [-0.3, -0.25) is 0 Å². The molecule has 1 aromatic heterocycles. The maximum atomic E-state index is 6.14. The van der Waals surface area contributed by atoms with E-state index in [1.54, 1.807) is 11.3 Å². The van der Waals surface area contributed by atoms with E-state index >= 15 is 0 Å². The fourth-order valence-corrected chi connectivity index (χ4v) is 1.83. The first kappa shape index (κ1) is 13.6. The molecule has 16 heavy (non-hydrogen) atoms. The van der Waals surface area contributed by atoms with Gasteiger partial charge in [-0.1, -0.05) is 13.8 Å². The summed E-state index contributed by atoms with van der Waals surface area (Å²) in [5, 5.41) is 6.65. The first-order valence-corrected chi connectivity index (χ1v) is 6.51. The minimum absolute atomic E-state index is 0.0675. The molecule has 3 N–H and O–H groups in total. The average Bonchev–Trinajstić information content (AvgIpc) is 2.49. The van der Waals surface area contributed by atoms with E-state index in [1.165, 1.54) is 0 Å². The van der Waals surface area contributed by atoms with Crippen LogP contribution >= 0.6 is 11.3 Å². The van der Waals surface area contributed by atoms with Crippen LogP contribution in [0.15, 0.2) is 5.38 Å². The third kappa shape index (κ3) is 3.54. The molecule has 0 aromatic carbocycles. The monoisotopic (exact) mass is 241 g/mol. The first-order valence-electron chi connectivity index (χ1n) is 5.63. The molecule has 0 aliphatic rings. The third-order valence-electron chi connectivity index (χ3n) is 3.28. The molecule has 1 heterocycles. The summed E-state index contributed by atoms with van der Waals surface area (Å²) >= 11 is 1.69. The number of aromatic nitrogens is 1. The number of nitrogens with one attached hydrogen (secondary N) is 1. The van der Waals surface area contributed by atoms with Gasteiger partial charge in [0.25, 0.3) is 0 Å². The Labute approximate surface area is 102 Å². The maximum absolute atomic E-state index is 6.14. The molecule has 0 bridgehead atoms. The van der Waals surface area contributed by atoms with Crippen LogP contribution in [0, 0.1) is 12.3 Å². The number of aryl methyl sites for hydroxylation is 1. The van der Waals surface area contributed by atoms with Crippen molar-refractivity contribution in [1.29, 1.82) is 0 Å². The van der Waals surface area contributed by atoms with E-state index in [4.69, 9.17) is 5.73 Å². The summed E-state index contributed by atoms with van der Waals surface area (Å²) in [5.74, 6) is 0. The Morgan fingerprint density at radius 1 is 1.38 bits per heavy atom. The molecule has 3 nitrogen and oxygen atoms in total. The van der Waals surface area contributed by atoms with E-state index in [0.29, 0.717) is 0 Å². The molecule has 0 saturated heterocycles. The second kappa shape index (κ2) is 4.82. The van der Waals surface area contributed by atoms with E-state index in [1.807, 2.05) is 6.92 Å². The van der Waals surface area contributed by atoms with Crippen molar-refractivity contribution >= 4 is 11.3 Å². The largest absolute Gasteiger partial charge is 0.325 e. The Balaban J connectivity index is 2.41. The van der Waals surface area contributed by atoms with Crippen LogP contribution in [-0.4, -0.2) is 17.1 Å². The Morgan fingerprint density at radius 3 is 2.44 bits per heavy atom. The summed E-state index contributed by atoms with van der Waals surface area (Å²) in [6, 6.07) is 0. The van der Waals surface area contributed by atoms with Gasteiger partial charge in [0, 0.05) is 24.0 Å². The van der Waals surface area contributed by atoms with Gasteiger partial charge in [0.1, 0.15) is 0 Å². The van der Waals surface area contributed by atoms with E-state index < -0.39 is 0 Å². The van der Waals surface area contributed by atoms with Crippen molar-refractivity contribution in [1.82, 2.24) is 10.3 Å². The highest BCUT2D eigenvalue weighted by Gasteiger charge is 2.32. The quantitative estimate of drug-likeness (QED) is 0.831. The minimum atomic E-state index is -0.183. The normalized spacial score (nSPS) is 13.1. The molecule has 92 valence electrons. The van der Waals surface area contributed by atoms with Crippen molar-refractivity contribution in [3.8, 4) is 0 Å². The molecule has 0 aliphatic heterocycles. The van der Waals surface area contributed by atoms with Gasteiger partial charge in [0.05, 0.1) is 10.7 Å². The van der Waals surface area contributed by atoms with Crippen LogP contribution in [0.25, 0.3) is 0 Å². The van der Waals surface area contributed by atoms with Crippen LogP contribution in [0.2, 0.25) is 0 Å². The molecular formula is C12H23N3S. The summed E-state index contributed by atoms with van der Waals surface area (Å²) in [7, 11) is 0. The van der Waals surface area contributed by atoms with E-state index in [2.05, 4.69) is 43.4 Å². The SMILES string of the molecule is Cc1nc(CNCC(C)(C)C(C)(C)N)cs1. The molecule has 0 unspecified atom stereocenters. The van der Waals surface area contributed by atoms with Crippen LogP contribution in [0.5, 0.6) is 0 Å². The highest BCUT2D eigenvalue weighted by atomic mass is 32.1. The zero-order valence-electron chi connectivity index (χ0n) is 10.9. The van der Waals surface area contributed by atoms with Crippen molar-refractivity contribution in [2.75, 3.05) is 6.54 Å².